The van der Waals surface area contributed by atoms with Gasteiger partial charge in [0.2, 0.25) is 0 Å². The topological polar surface area (TPSA) is 21.3 Å². The molecule has 0 radical (unpaired) electrons. The third-order valence-electron chi connectivity index (χ3n) is 3.79. The predicted molar refractivity (Wildman–Crippen MR) is 87.3 cm³/mol. The van der Waals surface area contributed by atoms with Crippen molar-refractivity contribution in [3.63, 3.8) is 0 Å². The fraction of sp³-hybridized carbons (Fsp3) is 0.667. The van der Waals surface area contributed by atoms with Crippen molar-refractivity contribution in [2.24, 2.45) is 5.92 Å². The Hall–Kier alpha value is -0.860. The molecule has 0 saturated heterocycles. The zero-order chi connectivity index (χ0) is 15.1. The van der Waals surface area contributed by atoms with Crippen LogP contribution < -0.4 is 5.32 Å². The highest BCUT2D eigenvalue weighted by atomic mass is 16.5. The molecule has 0 heterocycles. The Morgan fingerprint density at radius 2 is 1.70 bits per heavy atom. The number of rotatable bonds is 8. The summed E-state index contributed by atoms with van der Waals surface area (Å²) in [6, 6.07) is 4.80. The van der Waals surface area contributed by atoms with Gasteiger partial charge in [0, 0.05) is 6.61 Å². The van der Waals surface area contributed by atoms with E-state index in [-0.39, 0.29) is 6.04 Å². The SMILES string of the molecule is CNC(COCCCC(C)C)c1c(C)cc(C)cc1C. The minimum absolute atomic E-state index is 0.287. The van der Waals surface area contributed by atoms with Crippen LogP contribution in [0.3, 0.4) is 0 Å². The summed E-state index contributed by atoms with van der Waals surface area (Å²) in [5.74, 6) is 0.764. The van der Waals surface area contributed by atoms with Gasteiger partial charge in [0.15, 0.2) is 0 Å². The average molecular weight is 277 g/mol. The van der Waals surface area contributed by atoms with E-state index < -0.39 is 0 Å². The fourth-order valence-corrected chi connectivity index (χ4v) is 2.85. The van der Waals surface area contributed by atoms with Gasteiger partial charge in [0.05, 0.1) is 12.6 Å². The minimum atomic E-state index is 0.287. The molecule has 0 aliphatic rings. The van der Waals surface area contributed by atoms with E-state index >= 15 is 0 Å². The van der Waals surface area contributed by atoms with E-state index in [1.165, 1.54) is 28.7 Å². The maximum absolute atomic E-state index is 5.87. The number of hydrogen-bond acceptors (Lipinski definition) is 2. The van der Waals surface area contributed by atoms with Gasteiger partial charge in [-0.15, -0.1) is 0 Å². The smallest absolute Gasteiger partial charge is 0.0661 e. The monoisotopic (exact) mass is 277 g/mol. The van der Waals surface area contributed by atoms with Crippen molar-refractivity contribution in [3.8, 4) is 0 Å². The van der Waals surface area contributed by atoms with E-state index in [1.54, 1.807) is 0 Å². The number of likely N-dealkylation sites (N-methyl/N-ethyl adjacent to an activating group) is 1. The van der Waals surface area contributed by atoms with E-state index in [4.69, 9.17) is 4.74 Å². The Morgan fingerprint density at radius 3 is 2.20 bits per heavy atom. The van der Waals surface area contributed by atoms with Gasteiger partial charge in [-0.25, -0.2) is 0 Å². The molecule has 1 aromatic carbocycles. The number of hydrogen-bond donors (Lipinski definition) is 1. The number of aryl methyl sites for hydroxylation is 3. The Balaban J connectivity index is 2.58. The zero-order valence-corrected chi connectivity index (χ0v) is 14.0. The largest absolute Gasteiger partial charge is 0.379 e. The summed E-state index contributed by atoms with van der Waals surface area (Å²) in [4.78, 5) is 0. The van der Waals surface area contributed by atoms with Gasteiger partial charge >= 0.3 is 0 Å². The van der Waals surface area contributed by atoms with Crippen LogP contribution in [0, 0.1) is 26.7 Å². The van der Waals surface area contributed by atoms with Gasteiger partial charge in [-0.2, -0.15) is 0 Å². The van der Waals surface area contributed by atoms with Crippen molar-refractivity contribution in [1.82, 2.24) is 5.32 Å². The molecule has 1 aromatic rings. The zero-order valence-electron chi connectivity index (χ0n) is 14.0. The lowest BCUT2D eigenvalue weighted by molar-refractivity contribution is 0.108. The molecule has 0 fully saturated rings. The molecule has 0 amide bonds. The lowest BCUT2D eigenvalue weighted by Gasteiger charge is -2.22. The summed E-state index contributed by atoms with van der Waals surface area (Å²) in [6.45, 7) is 12.7. The fourth-order valence-electron chi connectivity index (χ4n) is 2.85. The summed E-state index contributed by atoms with van der Waals surface area (Å²) in [7, 11) is 2.01. The molecule has 0 aliphatic carbocycles. The van der Waals surface area contributed by atoms with Gasteiger partial charge in [0.25, 0.3) is 0 Å². The van der Waals surface area contributed by atoms with Crippen molar-refractivity contribution in [2.75, 3.05) is 20.3 Å². The van der Waals surface area contributed by atoms with Crippen LogP contribution in [0.15, 0.2) is 12.1 Å². The molecule has 0 aromatic heterocycles. The molecule has 114 valence electrons. The number of ether oxygens (including phenoxy) is 1. The van der Waals surface area contributed by atoms with Crippen LogP contribution in [0.5, 0.6) is 0 Å². The molecular weight excluding hydrogens is 246 g/mol. The van der Waals surface area contributed by atoms with E-state index in [1.807, 2.05) is 7.05 Å². The second-order valence-electron chi connectivity index (χ2n) is 6.26. The lowest BCUT2D eigenvalue weighted by atomic mass is 9.94. The summed E-state index contributed by atoms with van der Waals surface area (Å²) >= 11 is 0. The van der Waals surface area contributed by atoms with Crippen molar-refractivity contribution in [3.05, 3.63) is 34.4 Å². The Morgan fingerprint density at radius 1 is 1.10 bits per heavy atom. The highest BCUT2D eigenvalue weighted by molar-refractivity contribution is 5.39. The van der Waals surface area contributed by atoms with Crippen LogP contribution in [0.25, 0.3) is 0 Å². The predicted octanol–water partition coefficient (Wildman–Crippen LogP) is 4.33. The van der Waals surface area contributed by atoms with Gasteiger partial charge in [0.1, 0.15) is 0 Å². The molecular formula is C18H31NO. The maximum Gasteiger partial charge on any atom is 0.0661 e. The first-order valence-electron chi connectivity index (χ1n) is 7.78. The van der Waals surface area contributed by atoms with Gasteiger partial charge < -0.3 is 10.1 Å². The van der Waals surface area contributed by atoms with Crippen LogP contribution >= 0.6 is 0 Å². The number of benzene rings is 1. The van der Waals surface area contributed by atoms with Crippen LogP contribution in [-0.4, -0.2) is 20.3 Å². The third-order valence-corrected chi connectivity index (χ3v) is 3.79. The van der Waals surface area contributed by atoms with Gasteiger partial charge in [-0.05, 0) is 63.3 Å². The molecule has 0 saturated carbocycles. The van der Waals surface area contributed by atoms with Crippen LogP contribution in [-0.2, 0) is 4.74 Å². The molecule has 0 spiro atoms. The molecule has 1 rings (SSSR count). The second-order valence-corrected chi connectivity index (χ2v) is 6.26. The van der Waals surface area contributed by atoms with Crippen molar-refractivity contribution in [2.45, 2.75) is 53.5 Å². The number of nitrogens with one attached hydrogen (secondary N) is 1. The normalized spacial score (nSPS) is 12.9. The van der Waals surface area contributed by atoms with Crippen LogP contribution in [0.1, 0.15) is 55.0 Å². The molecule has 0 aliphatic heterocycles. The molecule has 2 nitrogen and oxygen atoms in total. The summed E-state index contributed by atoms with van der Waals surface area (Å²) < 4.78 is 5.87. The van der Waals surface area contributed by atoms with Crippen molar-refractivity contribution >= 4 is 0 Å². The standard InChI is InChI=1S/C18H31NO/c1-13(2)8-7-9-20-12-17(19-6)18-15(4)10-14(3)11-16(18)5/h10-11,13,17,19H,7-9,12H2,1-6H3. The summed E-state index contributed by atoms with van der Waals surface area (Å²) in [6.07, 6.45) is 2.40. The second kappa shape index (κ2) is 8.43. The van der Waals surface area contributed by atoms with E-state index in [0.717, 1.165) is 25.6 Å². The summed E-state index contributed by atoms with van der Waals surface area (Å²) in [5.41, 5.74) is 5.43. The van der Waals surface area contributed by atoms with E-state index in [2.05, 4.69) is 52.1 Å². The van der Waals surface area contributed by atoms with Crippen molar-refractivity contribution < 1.29 is 4.74 Å². The summed E-state index contributed by atoms with van der Waals surface area (Å²) in [5, 5.41) is 3.39. The maximum atomic E-state index is 5.87. The van der Waals surface area contributed by atoms with E-state index in [9.17, 15) is 0 Å². The van der Waals surface area contributed by atoms with Gasteiger partial charge in [-0.3, -0.25) is 0 Å². The Labute approximate surface area is 124 Å². The van der Waals surface area contributed by atoms with Crippen LogP contribution in [0.4, 0.5) is 0 Å². The first-order chi connectivity index (χ1) is 9.45. The third kappa shape index (κ3) is 5.26. The minimum Gasteiger partial charge on any atom is -0.379 e. The molecule has 20 heavy (non-hydrogen) atoms. The lowest BCUT2D eigenvalue weighted by Crippen LogP contribution is -2.24. The first-order valence-corrected chi connectivity index (χ1v) is 7.78. The van der Waals surface area contributed by atoms with E-state index in [0.29, 0.717) is 0 Å². The quantitative estimate of drug-likeness (QED) is 0.714. The van der Waals surface area contributed by atoms with Crippen molar-refractivity contribution in [1.29, 1.82) is 0 Å². The van der Waals surface area contributed by atoms with Gasteiger partial charge in [-0.1, -0.05) is 31.5 Å². The highest BCUT2D eigenvalue weighted by Gasteiger charge is 2.15. The average Bonchev–Trinajstić information content (AvgIpc) is 2.34. The molecule has 1 atom stereocenters. The molecule has 1 N–H and O–H groups in total. The molecule has 2 heteroatoms. The first kappa shape index (κ1) is 17.2. The molecule has 0 bridgehead atoms. The molecule has 1 unspecified atom stereocenters. The highest BCUT2D eigenvalue weighted by Crippen LogP contribution is 2.23. The van der Waals surface area contributed by atoms with Crippen LogP contribution in [0.2, 0.25) is 0 Å². The Bertz CT molecular complexity index is 389. The Kier molecular flexibility index (Phi) is 7.25.